The quantitative estimate of drug-likeness (QED) is 0.716. The molecule has 0 atom stereocenters. The molecule has 1 aliphatic heterocycles. The van der Waals surface area contributed by atoms with Gasteiger partial charge in [-0.2, -0.15) is 0 Å². The summed E-state index contributed by atoms with van der Waals surface area (Å²) in [5.74, 6) is -0.0968. The number of nitrogens with zero attached hydrogens (tertiary/aromatic N) is 1. The Morgan fingerprint density at radius 2 is 1.93 bits per heavy atom. The van der Waals surface area contributed by atoms with Crippen molar-refractivity contribution in [3.63, 3.8) is 0 Å². The van der Waals surface area contributed by atoms with Gasteiger partial charge in [0.25, 0.3) is 11.8 Å². The van der Waals surface area contributed by atoms with Gasteiger partial charge in [0.05, 0.1) is 10.6 Å². The van der Waals surface area contributed by atoms with E-state index < -0.39 is 0 Å². The van der Waals surface area contributed by atoms with Crippen LogP contribution < -0.4 is 10.2 Å². The molecular formula is C24H26N2O2S. The standard InChI is InChI=1S/C24H26N2O2S/c1-16-7-6-8-17(13-16)14-22-24(28)26(2)20-15-18(11-12-21(20)29-22)23(27)25-19-9-4-3-5-10-19/h6-8,11-15,19H,3-5,9-10H2,1-2H3,(H,25,27). The number of anilines is 1. The highest BCUT2D eigenvalue weighted by molar-refractivity contribution is 8.04. The number of amides is 2. The van der Waals surface area contributed by atoms with Crippen molar-refractivity contribution >= 4 is 35.3 Å². The normalized spacial score (nSPS) is 18.6. The minimum absolute atomic E-state index is 0.0474. The van der Waals surface area contributed by atoms with E-state index in [1.54, 1.807) is 11.9 Å². The van der Waals surface area contributed by atoms with Crippen molar-refractivity contribution in [2.75, 3.05) is 11.9 Å². The van der Waals surface area contributed by atoms with Gasteiger partial charge < -0.3 is 10.2 Å². The van der Waals surface area contributed by atoms with Crippen LogP contribution in [0.5, 0.6) is 0 Å². The Labute approximate surface area is 176 Å². The number of nitrogens with one attached hydrogen (secondary N) is 1. The van der Waals surface area contributed by atoms with Gasteiger partial charge in [-0.05, 0) is 49.6 Å². The summed E-state index contributed by atoms with van der Waals surface area (Å²) in [4.78, 5) is 28.9. The lowest BCUT2D eigenvalue weighted by Gasteiger charge is -2.28. The highest BCUT2D eigenvalue weighted by atomic mass is 32.2. The van der Waals surface area contributed by atoms with Gasteiger partial charge in [-0.25, -0.2) is 0 Å². The van der Waals surface area contributed by atoms with Gasteiger partial charge in [-0.15, -0.1) is 0 Å². The minimum atomic E-state index is -0.0494. The molecule has 1 saturated carbocycles. The van der Waals surface area contributed by atoms with Crippen molar-refractivity contribution in [1.29, 1.82) is 0 Å². The molecule has 0 saturated heterocycles. The van der Waals surface area contributed by atoms with Crippen LogP contribution in [0, 0.1) is 6.92 Å². The first-order valence-electron chi connectivity index (χ1n) is 10.2. The summed E-state index contributed by atoms with van der Waals surface area (Å²) in [6.07, 6.45) is 7.66. The molecule has 5 heteroatoms. The Bertz CT molecular complexity index is 977. The summed E-state index contributed by atoms with van der Waals surface area (Å²) >= 11 is 1.46. The van der Waals surface area contributed by atoms with Gasteiger partial charge >= 0.3 is 0 Å². The number of rotatable bonds is 3. The SMILES string of the molecule is Cc1cccc(C=C2Sc3ccc(C(=O)NC4CCCCC4)cc3N(C)C2=O)c1. The van der Waals surface area contributed by atoms with Crippen molar-refractivity contribution in [3.05, 3.63) is 64.1 Å². The molecule has 2 aromatic rings. The Kier molecular flexibility index (Phi) is 5.76. The van der Waals surface area contributed by atoms with Crippen molar-refractivity contribution in [2.45, 2.75) is 50.0 Å². The fraction of sp³-hybridized carbons (Fsp3) is 0.333. The maximum absolute atomic E-state index is 12.9. The lowest BCUT2D eigenvalue weighted by atomic mass is 9.95. The van der Waals surface area contributed by atoms with Crippen LogP contribution in [0.2, 0.25) is 0 Å². The molecule has 1 N–H and O–H groups in total. The second kappa shape index (κ2) is 8.46. The third-order valence-electron chi connectivity index (χ3n) is 5.60. The summed E-state index contributed by atoms with van der Waals surface area (Å²) < 4.78 is 0. The van der Waals surface area contributed by atoms with Crippen LogP contribution in [0.1, 0.15) is 53.6 Å². The molecule has 0 spiro atoms. The number of thioether (sulfide) groups is 1. The first-order chi connectivity index (χ1) is 14.0. The first kappa shape index (κ1) is 19.8. The number of carbonyl (C=O) groups excluding carboxylic acids is 2. The lowest BCUT2D eigenvalue weighted by molar-refractivity contribution is -0.114. The molecule has 0 aromatic heterocycles. The number of carbonyl (C=O) groups is 2. The summed E-state index contributed by atoms with van der Waals surface area (Å²) in [5, 5.41) is 3.15. The predicted octanol–water partition coefficient (Wildman–Crippen LogP) is 5.17. The number of likely N-dealkylation sites (N-methyl/N-ethyl adjacent to an activating group) is 1. The Morgan fingerprint density at radius 3 is 2.69 bits per heavy atom. The van der Waals surface area contributed by atoms with Crippen LogP contribution in [0.4, 0.5) is 5.69 Å². The fourth-order valence-electron chi connectivity index (χ4n) is 3.96. The molecule has 1 fully saturated rings. The van der Waals surface area contributed by atoms with E-state index in [-0.39, 0.29) is 17.9 Å². The van der Waals surface area contributed by atoms with Crippen molar-refractivity contribution in [1.82, 2.24) is 5.32 Å². The van der Waals surface area contributed by atoms with E-state index in [4.69, 9.17) is 0 Å². The number of hydrogen-bond donors (Lipinski definition) is 1. The van der Waals surface area contributed by atoms with Gasteiger partial charge in [0.1, 0.15) is 0 Å². The van der Waals surface area contributed by atoms with E-state index in [9.17, 15) is 9.59 Å². The van der Waals surface area contributed by atoms with E-state index in [0.717, 1.165) is 34.6 Å². The molecule has 150 valence electrons. The molecule has 4 nitrogen and oxygen atoms in total. The topological polar surface area (TPSA) is 49.4 Å². The van der Waals surface area contributed by atoms with E-state index in [1.165, 1.54) is 31.0 Å². The number of aryl methyl sites for hydroxylation is 1. The molecule has 2 aliphatic rings. The average molecular weight is 407 g/mol. The summed E-state index contributed by atoms with van der Waals surface area (Å²) in [7, 11) is 1.77. The summed E-state index contributed by atoms with van der Waals surface area (Å²) in [6, 6.07) is 14.0. The van der Waals surface area contributed by atoms with Crippen LogP contribution in [-0.2, 0) is 4.79 Å². The van der Waals surface area contributed by atoms with Gasteiger partial charge in [-0.1, -0.05) is 60.9 Å². The number of benzene rings is 2. The van der Waals surface area contributed by atoms with Gasteiger partial charge in [-0.3, -0.25) is 9.59 Å². The molecule has 1 heterocycles. The molecule has 29 heavy (non-hydrogen) atoms. The van der Waals surface area contributed by atoms with E-state index in [0.29, 0.717) is 10.5 Å². The third-order valence-corrected chi connectivity index (χ3v) is 6.68. The zero-order valence-corrected chi connectivity index (χ0v) is 17.7. The van der Waals surface area contributed by atoms with E-state index >= 15 is 0 Å². The molecule has 2 aromatic carbocycles. The van der Waals surface area contributed by atoms with E-state index in [2.05, 4.69) is 11.4 Å². The zero-order valence-electron chi connectivity index (χ0n) is 16.9. The van der Waals surface area contributed by atoms with Crippen LogP contribution >= 0.6 is 11.8 Å². The third kappa shape index (κ3) is 4.40. The molecular weight excluding hydrogens is 380 g/mol. The zero-order chi connectivity index (χ0) is 20.4. The van der Waals surface area contributed by atoms with Crippen LogP contribution in [0.15, 0.2) is 52.3 Å². The van der Waals surface area contributed by atoms with Crippen LogP contribution in [-0.4, -0.2) is 24.9 Å². The maximum atomic E-state index is 12.9. The van der Waals surface area contributed by atoms with Crippen LogP contribution in [0.3, 0.4) is 0 Å². The number of hydrogen-bond acceptors (Lipinski definition) is 3. The molecule has 4 rings (SSSR count). The molecule has 0 radical (unpaired) electrons. The highest BCUT2D eigenvalue weighted by Crippen LogP contribution is 2.42. The summed E-state index contributed by atoms with van der Waals surface area (Å²) in [6.45, 7) is 2.04. The van der Waals surface area contributed by atoms with Gasteiger partial charge in [0.2, 0.25) is 0 Å². The predicted molar refractivity (Wildman–Crippen MR) is 119 cm³/mol. The Morgan fingerprint density at radius 1 is 1.14 bits per heavy atom. The van der Waals surface area contributed by atoms with Crippen LogP contribution in [0.25, 0.3) is 6.08 Å². The van der Waals surface area contributed by atoms with Gasteiger partial charge in [0.15, 0.2) is 0 Å². The summed E-state index contributed by atoms with van der Waals surface area (Å²) in [5.41, 5.74) is 3.58. The van der Waals surface area contributed by atoms with Crippen molar-refractivity contribution < 1.29 is 9.59 Å². The lowest BCUT2D eigenvalue weighted by Crippen LogP contribution is -2.36. The average Bonchev–Trinajstić information content (AvgIpc) is 2.72. The van der Waals surface area contributed by atoms with Crippen molar-refractivity contribution in [3.8, 4) is 0 Å². The largest absolute Gasteiger partial charge is 0.349 e. The Balaban J connectivity index is 1.56. The first-order valence-corrected chi connectivity index (χ1v) is 11.0. The molecule has 0 unspecified atom stereocenters. The van der Waals surface area contributed by atoms with E-state index in [1.807, 2.05) is 49.4 Å². The highest BCUT2D eigenvalue weighted by Gasteiger charge is 2.27. The molecule has 1 aliphatic carbocycles. The second-order valence-electron chi connectivity index (χ2n) is 7.88. The number of fused-ring (bicyclic) bond motifs is 1. The molecule has 2 amide bonds. The van der Waals surface area contributed by atoms with Crippen molar-refractivity contribution in [2.24, 2.45) is 0 Å². The maximum Gasteiger partial charge on any atom is 0.264 e. The smallest absolute Gasteiger partial charge is 0.264 e. The monoisotopic (exact) mass is 406 g/mol. The van der Waals surface area contributed by atoms with Gasteiger partial charge in [0, 0.05) is 23.5 Å². The Hall–Kier alpha value is -2.53. The second-order valence-corrected chi connectivity index (χ2v) is 8.96. The fourth-order valence-corrected chi connectivity index (χ4v) is 5.05. The molecule has 0 bridgehead atoms. The minimum Gasteiger partial charge on any atom is -0.349 e.